The van der Waals surface area contributed by atoms with Crippen LogP contribution in [0.25, 0.3) is 10.9 Å². The summed E-state index contributed by atoms with van der Waals surface area (Å²) in [6, 6.07) is 8.05. The molecule has 16 heavy (non-hydrogen) atoms. The molecule has 0 fully saturated rings. The zero-order valence-electron chi connectivity index (χ0n) is 8.99. The van der Waals surface area contributed by atoms with Gasteiger partial charge in [0.15, 0.2) is 12.0 Å². The van der Waals surface area contributed by atoms with Crippen molar-refractivity contribution in [1.82, 2.24) is 10.3 Å². The van der Waals surface area contributed by atoms with Gasteiger partial charge in [-0.25, -0.2) is 5.21 Å². The van der Waals surface area contributed by atoms with E-state index in [1.165, 1.54) is 5.39 Å². The molecule has 1 aromatic carbocycles. The molecule has 0 bridgehead atoms. The van der Waals surface area contributed by atoms with E-state index in [0.717, 1.165) is 22.5 Å². The topological polar surface area (TPSA) is 76.7 Å². The van der Waals surface area contributed by atoms with Crippen LogP contribution in [0.15, 0.2) is 42.5 Å². The average Bonchev–Trinajstić information content (AvgIpc) is 2.75. The normalized spacial score (nSPS) is 11.8. The van der Waals surface area contributed by atoms with Gasteiger partial charge in [0.1, 0.15) is 0 Å². The fourth-order valence-corrected chi connectivity index (χ4v) is 1.54. The predicted octanol–water partition coefficient (Wildman–Crippen LogP) is 0.551. The minimum atomic E-state index is 0.730. The smallest absolute Gasteiger partial charge is 0.166 e. The van der Waals surface area contributed by atoms with E-state index < -0.39 is 0 Å². The summed E-state index contributed by atoms with van der Waals surface area (Å²) < 4.78 is 0. The number of nitrogens with two attached hydrogens (primary N) is 1. The Kier molecular flexibility index (Phi) is 3.09. The predicted molar refractivity (Wildman–Crippen MR) is 62.8 cm³/mol. The zero-order valence-corrected chi connectivity index (χ0v) is 8.99. The number of hydrogen-bond acceptors (Lipinski definition) is 3. The Hall–Kier alpha value is -1.98. The van der Waals surface area contributed by atoms with Gasteiger partial charge in [0.05, 0.1) is 0 Å². The second-order valence-corrected chi connectivity index (χ2v) is 3.38. The van der Waals surface area contributed by atoms with Crippen molar-refractivity contribution in [2.45, 2.75) is 0 Å². The Labute approximate surface area is 93.1 Å². The summed E-state index contributed by atoms with van der Waals surface area (Å²) in [6.07, 6.45) is 3.46. The standard InChI is InChI=1S/C11H14N4O/c1-12-11(7-14-16)15-9-3-2-8-4-5-13-10(8)6-9/h2-7,12-16H,1H3/p+1. The van der Waals surface area contributed by atoms with Crippen LogP contribution >= 0.6 is 0 Å². The van der Waals surface area contributed by atoms with Gasteiger partial charge in [-0.3, -0.25) is 0 Å². The molecular weight excluding hydrogens is 204 g/mol. The number of nitrogens with one attached hydrogen (secondary N) is 3. The molecule has 0 aliphatic carbocycles. The van der Waals surface area contributed by atoms with Crippen molar-refractivity contribution in [2.75, 3.05) is 12.4 Å². The van der Waals surface area contributed by atoms with Crippen LogP contribution in [-0.2, 0) is 0 Å². The van der Waals surface area contributed by atoms with E-state index in [1.807, 2.05) is 30.5 Å². The van der Waals surface area contributed by atoms with Gasteiger partial charge in [-0.1, -0.05) is 6.07 Å². The van der Waals surface area contributed by atoms with Crippen LogP contribution in [0.1, 0.15) is 0 Å². The second kappa shape index (κ2) is 4.69. The van der Waals surface area contributed by atoms with Gasteiger partial charge in [0.2, 0.25) is 0 Å². The summed E-state index contributed by atoms with van der Waals surface area (Å²) in [4.78, 5) is 3.15. The molecule has 0 atom stereocenters. The third-order valence-corrected chi connectivity index (χ3v) is 2.34. The molecule has 0 saturated carbocycles. The number of anilines is 1. The molecule has 2 rings (SSSR count). The van der Waals surface area contributed by atoms with Crippen molar-refractivity contribution in [3.63, 3.8) is 0 Å². The molecule has 84 valence electrons. The summed E-state index contributed by atoms with van der Waals surface area (Å²) in [5, 5.41) is 16.0. The van der Waals surface area contributed by atoms with E-state index >= 15 is 0 Å². The van der Waals surface area contributed by atoms with Crippen LogP contribution in [-0.4, -0.2) is 17.2 Å². The van der Waals surface area contributed by atoms with Gasteiger partial charge >= 0.3 is 0 Å². The molecule has 0 spiro atoms. The van der Waals surface area contributed by atoms with Gasteiger partial charge < -0.3 is 15.6 Å². The zero-order chi connectivity index (χ0) is 11.4. The van der Waals surface area contributed by atoms with Gasteiger partial charge in [-0.2, -0.15) is 5.48 Å². The monoisotopic (exact) mass is 219 g/mol. The largest absolute Gasteiger partial charge is 0.370 e. The number of aromatic nitrogens is 1. The lowest BCUT2D eigenvalue weighted by Crippen LogP contribution is -2.74. The molecule has 6 N–H and O–H groups in total. The Morgan fingerprint density at radius 1 is 1.44 bits per heavy atom. The molecule has 5 heteroatoms. The summed E-state index contributed by atoms with van der Waals surface area (Å²) in [6.45, 7) is 0. The molecular formula is C11H15N4O+. The van der Waals surface area contributed by atoms with Crippen molar-refractivity contribution < 1.29 is 10.7 Å². The molecule has 0 saturated heterocycles. The minimum Gasteiger partial charge on any atom is -0.370 e. The number of quaternary nitrogens is 1. The first-order valence-corrected chi connectivity index (χ1v) is 5.03. The lowest BCUT2D eigenvalue weighted by molar-refractivity contribution is -0.838. The highest BCUT2D eigenvalue weighted by Gasteiger charge is 1.99. The van der Waals surface area contributed by atoms with Gasteiger partial charge in [-0.05, 0) is 23.6 Å². The number of benzene rings is 1. The summed E-state index contributed by atoms with van der Waals surface area (Å²) in [5.74, 6) is 0.730. The third kappa shape index (κ3) is 2.16. The van der Waals surface area contributed by atoms with E-state index in [-0.39, 0.29) is 0 Å². The minimum absolute atomic E-state index is 0.730. The molecule has 5 nitrogen and oxygen atoms in total. The first kappa shape index (κ1) is 10.5. The number of hydrogen-bond donors (Lipinski definition) is 5. The number of hydroxylamine groups is 1. The van der Waals surface area contributed by atoms with Crippen molar-refractivity contribution in [3.05, 3.63) is 42.5 Å². The van der Waals surface area contributed by atoms with E-state index in [2.05, 4.69) is 15.6 Å². The third-order valence-electron chi connectivity index (χ3n) is 2.34. The average molecular weight is 219 g/mol. The van der Waals surface area contributed by atoms with Gasteiger partial charge in [-0.15, -0.1) is 0 Å². The van der Waals surface area contributed by atoms with Crippen LogP contribution < -0.4 is 16.1 Å². The van der Waals surface area contributed by atoms with Gasteiger partial charge in [0.25, 0.3) is 0 Å². The maximum absolute atomic E-state index is 8.70. The summed E-state index contributed by atoms with van der Waals surface area (Å²) in [7, 11) is 1.79. The van der Waals surface area contributed by atoms with Crippen LogP contribution in [0.2, 0.25) is 0 Å². The highest BCUT2D eigenvalue weighted by Crippen LogP contribution is 2.18. The second-order valence-electron chi connectivity index (χ2n) is 3.38. The Balaban J connectivity index is 2.23. The van der Waals surface area contributed by atoms with Crippen LogP contribution in [0.5, 0.6) is 0 Å². The first-order valence-electron chi connectivity index (χ1n) is 5.03. The van der Waals surface area contributed by atoms with Crippen molar-refractivity contribution in [2.24, 2.45) is 0 Å². The number of fused-ring (bicyclic) bond motifs is 1. The molecule has 0 amide bonds. The lowest BCUT2D eigenvalue weighted by Gasteiger charge is -2.08. The molecule has 0 aliphatic heterocycles. The summed E-state index contributed by atoms with van der Waals surface area (Å²) >= 11 is 0. The molecule has 2 aromatic rings. The Morgan fingerprint density at radius 2 is 2.31 bits per heavy atom. The first-order chi connectivity index (χ1) is 7.83. The number of H-pyrrole nitrogens is 1. The quantitative estimate of drug-likeness (QED) is 0.487. The van der Waals surface area contributed by atoms with Crippen LogP contribution in [0.3, 0.4) is 0 Å². The van der Waals surface area contributed by atoms with Crippen molar-refractivity contribution in [1.29, 1.82) is 0 Å². The SMILES string of the molecule is CNC(=C[NH2+]O)Nc1ccc2cc[nH]c2c1. The van der Waals surface area contributed by atoms with Crippen molar-refractivity contribution >= 4 is 16.6 Å². The molecule has 0 radical (unpaired) electrons. The number of rotatable bonds is 4. The fourth-order valence-electron chi connectivity index (χ4n) is 1.54. The maximum atomic E-state index is 8.70. The van der Waals surface area contributed by atoms with Gasteiger partial charge in [0, 0.05) is 24.4 Å². The van der Waals surface area contributed by atoms with Crippen molar-refractivity contribution in [3.8, 4) is 0 Å². The Bertz CT molecular complexity index is 503. The number of aromatic amines is 1. The highest BCUT2D eigenvalue weighted by atomic mass is 16.5. The van der Waals surface area contributed by atoms with Crippen LogP contribution in [0, 0.1) is 0 Å². The van der Waals surface area contributed by atoms with E-state index in [9.17, 15) is 0 Å². The molecule has 0 aliphatic rings. The van der Waals surface area contributed by atoms with E-state index in [4.69, 9.17) is 5.21 Å². The fraction of sp³-hybridized carbons (Fsp3) is 0.0909. The Morgan fingerprint density at radius 3 is 3.06 bits per heavy atom. The molecule has 1 heterocycles. The van der Waals surface area contributed by atoms with E-state index in [1.54, 1.807) is 13.2 Å². The molecule has 1 aromatic heterocycles. The summed E-state index contributed by atoms with van der Waals surface area (Å²) in [5.41, 5.74) is 3.03. The lowest BCUT2D eigenvalue weighted by atomic mass is 10.2. The maximum Gasteiger partial charge on any atom is 0.166 e. The van der Waals surface area contributed by atoms with E-state index in [0.29, 0.717) is 0 Å². The van der Waals surface area contributed by atoms with Crippen LogP contribution in [0.4, 0.5) is 5.69 Å². The molecule has 0 unspecified atom stereocenters. The highest BCUT2D eigenvalue weighted by molar-refractivity contribution is 5.83.